The summed E-state index contributed by atoms with van der Waals surface area (Å²) in [6, 6.07) is 7.23. The van der Waals surface area contributed by atoms with Gasteiger partial charge in [-0.25, -0.2) is 13.6 Å². The van der Waals surface area contributed by atoms with Crippen molar-refractivity contribution in [1.29, 1.82) is 0 Å². The number of methoxy groups -OCH3 is 1. The number of aryl methyl sites for hydroxylation is 2. The van der Waals surface area contributed by atoms with Gasteiger partial charge in [-0.15, -0.1) is 0 Å². The minimum atomic E-state index is -0.781. The van der Waals surface area contributed by atoms with Gasteiger partial charge in [-0.3, -0.25) is 5.01 Å². The monoisotopic (exact) mass is 731 g/mol. The number of phenolic OH excluding ortho intramolecular Hbond substituents is 1. The Hall–Kier alpha value is -4.02. The molecular weight excluding hydrogens is 676 g/mol. The van der Waals surface area contributed by atoms with Crippen LogP contribution in [0.2, 0.25) is 0 Å². The number of unbranched alkanes of at least 4 members (excludes halogenated alkanes) is 2. The fourth-order valence-corrected chi connectivity index (χ4v) is 9.69. The van der Waals surface area contributed by atoms with E-state index in [1.54, 1.807) is 18.2 Å². The van der Waals surface area contributed by atoms with Gasteiger partial charge in [0.05, 0.1) is 37.7 Å². The number of hydrogen-bond acceptors (Lipinski definition) is 9. The van der Waals surface area contributed by atoms with Gasteiger partial charge in [0, 0.05) is 42.1 Å². The third-order valence-corrected chi connectivity index (χ3v) is 12.5. The van der Waals surface area contributed by atoms with E-state index in [9.17, 15) is 14.3 Å². The summed E-state index contributed by atoms with van der Waals surface area (Å²) in [5, 5.41) is 19.0. The van der Waals surface area contributed by atoms with Crippen molar-refractivity contribution in [2.24, 2.45) is 16.4 Å². The minimum absolute atomic E-state index is 0.144. The number of halogens is 2. The number of aromatic hydroxyl groups is 1. The molecule has 4 atom stereocenters. The number of fused-ring (bicyclic) bond motifs is 3. The number of alkyl halides is 1. The lowest BCUT2D eigenvalue weighted by atomic mass is 9.75. The van der Waals surface area contributed by atoms with Gasteiger partial charge in [0.1, 0.15) is 23.5 Å². The number of hydrazone groups is 1. The average molecular weight is 732 g/mol. The molecule has 2 aromatic carbocycles. The molecule has 2 unspecified atom stereocenters. The number of ether oxygens (including phenoxy) is 2. The van der Waals surface area contributed by atoms with Crippen molar-refractivity contribution in [2.75, 3.05) is 31.7 Å². The van der Waals surface area contributed by atoms with Crippen LogP contribution in [-0.4, -0.2) is 70.8 Å². The summed E-state index contributed by atoms with van der Waals surface area (Å²) in [5.74, 6) is -0.117. The molecule has 1 aromatic heterocycles. The van der Waals surface area contributed by atoms with Crippen molar-refractivity contribution in [3.05, 3.63) is 52.6 Å². The molecule has 11 heteroatoms. The third-order valence-electron chi connectivity index (χ3n) is 12.5. The Bertz CT molecular complexity index is 1840. The average Bonchev–Trinajstić information content (AvgIpc) is 3.66. The highest BCUT2D eigenvalue weighted by Crippen LogP contribution is 2.52. The van der Waals surface area contributed by atoms with E-state index in [0.29, 0.717) is 75.0 Å². The zero-order valence-corrected chi connectivity index (χ0v) is 31.6. The standard InChI is InChI=1S/C42H55F2N5O4/c1-4-30-22-36(40(51)52-3)47-49(30)18-11-7-9-13-35-33-16-19-48(38-23-31(50)20-27-14-15-34(44)32(5-2)39(27)38)25-37(33)46-41(45-35)53-26-42-17-10-6-8-12-28(42)21-29(43)24-42/h14-15,20,23,28-30,50H,4-13,16-19,21-22,24-26H2,1-3H3/t28?,29-,30?,42-/m0/s1. The summed E-state index contributed by atoms with van der Waals surface area (Å²) >= 11 is 0. The summed E-state index contributed by atoms with van der Waals surface area (Å²) in [4.78, 5) is 24.4. The van der Waals surface area contributed by atoms with Crippen molar-refractivity contribution < 1.29 is 28.2 Å². The van der Waals surface area contributed by atoms with Crippen molar-refractivity contribution >= 4 is 28.1 Å². The van der Waals surface area contributed by atoms with Gasteiger partial charge in [0.2, 0.25) is 0 Å². The van der Waals surface area contributed by atoms with Crippen LogP contribution in [0.25, 0.3) is 10.8 Å². The van der Waals surface area contributed by atoms with Gasteiger partial charge in [-0.2, -0.15) is 15.1 Å². The van der Waals surface area contributed by atoms with Crippen LogP contribution in [0.15, 0.2) is 29.4 Å². The molecule has 1 N–H and O–H groups in total. The Morgan fingerprint density at radius 1 is 1.11 bits per heavy atom. The van der Waals surface area contributed by atoms with E-state index >= 15 is 4.39 Å². The molecule has 286 valence electrons. The number of anilines is 1. The largest absolute Gasteiger partial charge is 0.508 e. The Labute approximate surface area is 312 Å². The minimum Gasteiger partial charge on any atom is -0.508 e. The second-order valence-electron chi connectivity index (χ2n) is 15.8. The van der Waals surface area contributed by atoms with Gasteiger partial charge >= 0.3 is 12.0 Å². The highest BCUT2D eigenvalue weighted by atomic mass is 19.1. The molecule has 2 aliphatic heterocycles. The molecule has 9 nitrogen and oxygen atoms in total. The molecule has 4 aliphatic rings. The number of benzene rings is 2. The van der Waals surface area contributed by atoms with Crippen LogP contribution in [0.5, 0.6) is 11.8 Å². The molecule has 0 radical (unpaired) electrons. The first-order valence-corrected chi connectivity index (χ1v) is 20.0. The Kier molecular flexibility index (Phi) is 11.4. The van der Waals surface area contributed by atoms with Gasteiger partial charge in [0.15, 0.2) is 0 Å². The second kappa shape index (κ2) is 16.1. The number of hydrogen-bond donors (Lipinski definition) is 1. The number of carbonyl (C=O) groups is 1. The van der Waals surface area contributed by atoms with E-state index < -0.39 is 6.17 Å². The zero-order chi connectivity index (χ0) is 37.1. The Balaban J connectivity index is 1.12. The first-order valence-electron chi connectivity index (χ1n) is 20.0. The molecule has 53 heavy (non-hydrogen) atoms. The normalized spacial score (nSPS) is 24.2. The molecule has 7 rings (SSSR count). The van der Waals surface area contributed by atoms with Gasteiger partial charge in [-0.1, -0.05) is 45.6 Å². The predicted octanol–water partition coefficient (Wildman–Crippen LogP) is 8.40. The quantitative estimate of drug-likeness (QED) is 0.138. The van der Waals surface area contributed by atoms with Crippen LogP contribution in [0.3, 0.4) is 0 Å². The molecule has 0 saturated heterocycles. The number of carbonyl (C=O) groups excluding carboxylic acids is 1. The number of aromatic nitrogens is 2. The van der Waals surface area contributed by atoms with E-state index in [0.717, 1.165) is 97.7 Å². The molecule has 0 amide bonds. The van der Waals surface area contributed by atoms with Crippen molar-refractivity contribution in [1.82, 2.24) is 15.0 Å². The molecular formula is C42H55F2N5O4. The fraction of sp³-hybridized carbons (Fsp3) is 0.619. The third kappa shape index (κ3) is 7.81. The first-order chi connectivity index (χ1) is 25.7. The molecule has 0 bridgehead atoms. The molecule has 3 aromatic rings. The molecule has 3 heterocycles. The van der Waals surface area contributed by atoms with E-state index in [1.807, 2.05) is 11.9 Å². The Morgan fingerprint density at radius 3 is 2.79 bits per heavy atom. The maximum absolute atomic E-state index is 15.1. The maximum atomic E-state index is 15.1. The highest BCUT2D eigenvalue weighted by molar-refractivity contribution is 6.36. The van der Waals surface area contributed by atoms with Crippen molar-refractivity contribution in [3.8, 4) is 11.8 Å². The number of esters is 1. The lowest BCUT2D eigenvalue weighted by molar-refractivity contribution is -0.132. The number of rotatable bonds is 13. The lowest BCUT2D eigenvalue weighted by Crippen LogP contribution is -2.34. The van der Waals surface area contributed by atoms with Gasteiger partial charge < -0.3 is 19.5 Å². The predicted molar refractivity (Wildman–Crippen MR) is 203 cm³/mol. The van der Waals surface area contributed by atoms with E-state index in [1.165, 1.54) is 19.6 Å². The number of phenols is 1. The van der Waals surface area contributed by atoms with Crippen molar-refractivity contribution in [3.63, 3.8) is 0 Å². The summed E-state index contributed by atoms with van der Waals surface area (Å²) in [5.41, 5.74) is 4.78. The second-order valence-corrected chi connectivity index (χ2v) is 15.8. The topological polar surface area (TPSA) is 100 Å². The first kappa shape index (κ1) is 37.3. The van der Waals surface area contributed by atoms with Crippen molar-refractivity contribution in [2.45, 2.75) is 129 Å². The maximum Gasteiger partial charge on any atom is 0.354 e. The van der Waals surface area contributed by atoms with Crippen LogP contribution in [0.4, 0.5) is 14.5 Å². The van der Waals surface area contributed by atoms with Crippen LogP contribution < -0.4 is 9.64 Å². The fourth-order valence-electron chi connectivity index (χ4n) is 9.69. The SMILES string of the molecule is CCc1c(F)ccc2cc(O)cc(N3CCc4c(CCCCCN5N=C(C(=O)OC)CC5CC)nc(OC[C@@]56CCCCCC5C[C@H](F)C6)nc4C3)c12. The highest BCUT2D eigenvalue weighted by Gasteiger charge is 2.48. The summed E-state index contributed by atoms with van der Waals surface area (Å²) in [6.07, 6.45) is 12.3. The lowest BCUT2D eigenvalue weighted by Gasteiger charge is -2.34. The number of nitrogens with zero attached hydrogens (tertiary/aromatic N) is 5. The molecule has 2 saturated carbocycles. The van der Waals surface area contributed by atoms with E-state index in [4.69, 9.17) is 19.4 Å². The molecule has 2 fully saturated rings. The van der Waals surface area contributed by atoms with Gasteiger partial charge in [-0.05, 0) is 98.8 Å². The summed E-state index contributed by atoms with van der Waals surface area (Å²) in [6.45, 7) is 6.44. The van der Waals surface area contributed by atoms with Crippen LogP contribution >= 0.6 is 0 Å². The smallest absolute Gasteiger partial charge is 0.354 e. The van der Waals surface area contributed by atoms with E-state index in [2.05, 4.69) is 16.9 Å². The zero-order valence-electron chi connectivity index (χ0n) is 31.6. The summed E-state index contributed by atoms with van der Waals surface area (Å²) < 4.78 is 41.4. The van der Waals surface area contributed by atoms with Crippen LogP contribution in [0.1, 0.15) is 113 Å². The Morgan fingerprint density at radius 2 is 1.98 bits per heavy atom. The molecule has 2 aliphatic carbocycles. The molecule has 0 spiro atoms. The van der Waals surface area contributed by atoms with Crippen LogP contribution in [0, 0.1) is 17.2 Å². The van der Waals surface area contributed by atoms with Crippen LogP contribution in [-0.2, 0) is 35.3 Å². The van der Waals surface area contributed by atoms with Gasteiger partial charge in [0.25, 0.3) is 0 Å². The summed E-state index contributed by atoms with van der Waals surface area (Å²) in [7, 11) is 1.40. The van der Waals surface area contributed by atoms with E-state index in [-0.39, 0.29) is 29.0 Å².